The molecule has 0 aliphatic rings. The minimum atomic E-state index is -1.01. The summed E-state index contributed by atoms with van der Waals surface area (Å²) in [6.07, 6.45) is 1.74. The van der Waals surface area contributed by atoms with Crippen LogP contribution in [0, 0.1) is 23.0 Å². The molecule has 2 aromatic rings. The van der Waals surface area contributed by atoms with Crippen molar-refractivity contribution in [2.24, 2.45) is 0 Å². The molecule has 6 nitrogen and oxygen atoms in total. The van der Waals surface area contributed by atoms with Crippen molar-refractivity contribution in [3.8, 4) is 6.07 Å². The maximum absolute atomic E-state index is 14.7. The highest BCUT2D eigenvalue weighted by atomic mass is 35.5. The van der Waals surface area contributed by atoms with Crippen LogP contribution in [0.5, 0.6) is 0 Å². The molecule has 28 heavy (non-hydrogen) atoms. The fraction of sp³-hybridized carbons (Fsp3) is 0.263. The summed E-state index contributed by atoms with van der Waals surface area (Å²) >= 11 is 6.11. The van der Waals surface area contributed by atoms with Crippen molar-refractivity contribution in [1.29, 1.82) is 5.26 Å². The van der Waals surface area contributed by atoms with Crippen LogP contribution in [0.3, 0.4) is 0 Å². The van der Waals surface area contributed by atoms with Crippen LogP contribution in [0.2, 0.25) is 5.15 Å². The minimum Gasteiger partial charge on any atom is -0.443 e. The molecule has 9 heteroatoms. The molecular formula is C19H17ClF2N4O2. The van der Waals surface area contributed by atoms with Gasteiger partial charge in [0.25, 0.3) is 0 Å². The van der Waals surface area contributed by atoms with E-state index in [4.69, 9.17) is 21.6 Å². The number of anilines is 2. The van der Waals surface area contributed by atoms with Crippen LogP contribution in [0.15, 0.2) is 31.1 Å². The quantitative estimate of drug-likeness (QED) is 0.522. The van der Waals surface area contributed by atoms with Gasteiger partial charge < -0.3 is 4.74 Å². The van der Waals surface area contributed by atoms with Gasteiger partial charge in [0.05, 0.1) is 11.3 Å². The molecule has 0 aliphatic heterocycles. The van der Waals surface area contributed by atoms with Crippen LogP contribution in [-0.2, 0) is 11.2 Å². The van der Waals surface area contributed by atoms with Crippen LogP contribution in [0.1, 0.15) is 31.9 Å². The maximum atomic E-state index is 14.7. The number of nitrogens with zero attached hydrogens (tertiary/aromatic N) is 4. The van der Waals surface area contributed by atoms with Gasteiger partial charge in [0, 0.05) is 11.6 Å². The molecule has 1 heterocycles. The molecule has 1 aromatic carbocycles. The van der Waals surface area contributed by atoms with Gasteiger partial charge in [-0.15, -0.1) is 6.58 Å². The average Bonchev–Trinajstić information content (AvgIpc) is 2.59. The summed E-state index contributed by atoms with van der Waals surface area (Å²) in [6, 6.07) is 2.96. The van der Waals surface area contributed by atoms with Gasteiger partial charge in [0.15, 0.2) is 5.82 Å². The van der Waals surface area contributed by atoms with E-state index in [0.29, 0.717) is 6.07 Å². The molecule has 0 saturated carbocycles. The van der Waals surface area contributed by atoms with Gasteiger partial charge in [-0.05, 0) is 33.3 Å². The first-order valence-corrected chi connectivity index (χ1v) is 8.49. The fourth-order valence-electron chi connectivity index (χ4n) is 2.29. The Morgan fingerprint density at radius 2 is 2.04 bits per heavy atom. The Labute approximate surface area is 166 Å². The molecule has 0 saturated heterocycles. The number of carbonyl (C=O) groups is 1. The van der Waals surface area contributed by atoms with Gasteiger partial charge >= 0.3 is 6.09 Å². The summed E-state index contributed by atoms with van der Waals surface area (Å²) in [7, 11) is 0. The molecular weight excluding hydrogens is 390 g/mol. The lowest BCUT2D eigenvalue weighted by atomic mass is 10.1. The third kappa shape index (κ3) is 4.61. The zero-order chi connectivity index (χ0) is 21.1. The average molecular weight is 407 g/mol. The predicted molar refractivity (Wildman–Crippen MR) is 100 cm³/mol. The van der Waals surface area contributed by atoms with E-state index in [2.05, 4.69) is 16.5 Å². The number of ether oxygens (including phenoxy) is 1. The largest absolute Gasteiger partial charge is 0.443 e. The van der Waals surface area contributed by atoms with E-state index in [1.165, 1.54) is 6.08 Å². The Balaban J connectivity index is 2.75. The lowest BCUT2D eigenvalue weighted by molar-refractivity contribution is 0.0597. The van der Waals surface area contributed by atoms with Gasteiger partial charge in [0.1, 0.15) is 34.8 Å². The van der Waals surface area contributed by atoms with Crippen LogP contribution in [0.25, 0.3) is 0 Å². The van der Waals surface area contributed by atoms with Gasteiger partial charge in [-0.2, -0.15) is 5.26 Å². The highest BCUT2D eigenvalue weighted by Gasteiger charge is 2.31. The second kappa shape index (κ2) is 8.31. The summed E-state index contributed by atoms with van der Waals surface area (Å²) < 4.78 is 34.2. The van der Waals surface area contributed by atoms with Crippen LogP contribution >= 0.6 is 11.6 Å². The number of carbonyl (C=O) groups excluding carboxylic acids is 1. The number of aromatic nitrogens is 2. The van der Waals surface area contributed by atoms with Crippen molar-refractivity contribution in [2.75, 3.05) is 4.90 Å². The van der Waals surface area contributed by atoms with Gasteiger partial charge in [0.2, 0.25) is 0 Å². The molecule has 0 spiro atoms. The molecule has 0 radical (unpaired) electrons. The smallest absolute Gasteiger partial charge is 0.420 e. The molecule has 2 rings (SSSR count). The Morgan fingerprint density at radius 3 is 2.61 bits per heavy atom. The van der Waals surface area contributed by atoms with Crippen molar-refractivity contribution in [3.63, 3.8) is 0 Å². The highest BCUT2D eigenvalue weighted by molar-refractivity contribution is 6.30. The number of nitriles is 1. The first kappa shape index (κ1) is 21.3. The summed E-state index contributed by atoms with van der Waals surface area (Å²) in [4.78, 5) is 21.5. The van der Waals surface area contributed by atoms with E-state index in [-0.39, 0.29) is 23.0 Å². The van der Waals surface area contributed by atoms with E-state index in [1.807, 2.05) is 0 Å². The molecule has 146 valence electrons. The fourth-order valence-corrected chi connectivity index (χ4v) is 2.50. The van der Waals surface area contributed by atoms with Crippen molar-refractivity contribution in [2.45, 2.75) is 32.8 Å². The number of allylic oxidation sites excluding steroid dienone is 1. The maximum Gasteiger partial charge on any atom is 0.420 e. The molecule has 0 bridgehead atoms. The Kier molecular flexibility index (Phi) is 6.31. The molecule has 0 aliphatic carbocycles. The second-order valence-electron chi connectivity index (χ2n) is 6.67. The monoisotopic (exact) mass is 406 g/mol. The summed E-state index contributed by atoms with van der Waals surface area (Å²) in [5.41, 5.74) is -1.63. The number of benzene rings is 1. The molecule has 0 atom stereocenters. The highest BCUT2D eigenvalue weighted by Crippen LogP contribution is 2.34. The SMILES string of the molecule is C=CCc1c(Cl)ncnc1N(C(=O)OC(C)(C)C)c1cc(F)c(C#N)cc1F. The summed E-state index contributed by atoms with van der Waals surface area (Å²) in [5.74, 6) is -2.10. The molecule has 0 fully saturated rings. The van der Waals surface area contributed by atoms with Crippen molar-refractivity contribution < 1.29 is 18.3 Å². The van der Waals surface area contributed by atoms with Crippen LogP contribution in [0.4, 0.5) is 25.1 Å². The molecule has 0 unspecified atom stereocenters. The van der Waals surface area contributed by atoms with E-state index in [0.717, 1.165) is 17.3 Å². The van der Waals surface area contributed by atoms with Crippen LogP contribution in [-0.4, -0.2) is 21.7 Å². The standard InChI is InChI=1S/C19H17ClF2N4O2/c1-5-6-12-16(20)24-10-25-17(12)26(18(27)28-19(2,3)4)15-8-13(21)11(9-23)7-14(15)22/h5,7-8,10H,1,6H2,2-4H3. The Morgan fingerprint density at radius 1 is 1.36 bits per heavy atom. The van der Waals surface area contributed by atoms with Crippen molar-refractivity contribution >= 4 is 29.2 Å². The number of rotatable bonds is 4. The first-order chi connectivity index (χ1) is 13.1. The van der Waals surface area contributed by atoms with Crippen molar-refractivity contribution in [1.82, 2.24) is 9.97 Å². The zero-order valence-corrected chi connectivity index (χ0v) is 16.2. The minimum absolute atomic E-state index is 0.0213. The lowest BCUT2D eigenvalue weighted by Gasteiger charge is -2.28. The summed E-state index contributed by atoms with van der Waals surface area (Å²) in [6.45, 7) is 8.47. The second-order valence-corrected chi connectivity index (χ2v) is 7.03. The molecule has 1 amide bonds. The third-order valence-corrected chi connectivity index (χ3v) is 3.73. The lowest BCUT2D eigenvalue weighted by Crippen LogP contribution is -2.35. The van der Waals surface area contributed by atoms with E-state index < -0.39 is 34.6 Å². The predicted octanol–water partition coefficient (Wildman–Crippen LogP) is 5.08. The van der Waals surface area contributed by atoms with Gasteiger partial charge in [-0.25, -0.2) is 28.4 Å². The number of amides is 1. The summed E-state index contributed by atoms with van der Waals surface area (Å²) in [5, 5.41) is 8.91. The Hall–Kier alpha value is -3.05. The Bertz CT molecular complexity index is 968. The van der Waals surface area contributed by atoms with Crippen LogP contribution < -0.4 is 4.90 Å². The number of hydrogen-bond acceptors (Lipinski definition) is 5. The molecule has 1 aromatic heterocycles. The molecule has 0 N–H and O–H groups in total. The van der Waals surface area contributed by atoms with Crippen molar-refractivity contribution in [3.05, 3.63) is 59.0 Å². The van der Waals surface area contributed by atoms with Gasteiger partial charge in [-0.3, -0.25) is 0 Å². The van der Waals surface area contributed by atoms with Gasteiger partial charge in [-0.1, -0.05) is 17.7 Å². The normalized spacial score (nSPS) is 10.9. The zero-order valence-electron chi connectivity index (χ0n) is 15.5. The number of halogens is 3. The van der Waals surface area contributed by atoms with E-state index >= 15 is 0 Å². The topological polar surface area (TPSA) is 79.1 Å². The van der Waals surface area contributed by atoms with E-state index in [9.17, 15) is 13.6 Å². The first-order valence-electron chi connectivity index (χ1n) is 8.11. The van der Waals surface area contributed by atoms with E-state index in [1.54, 1.807) is 26.8 Å². The number of hydrogen-bond donors (Lipinski definition) is 0. The third-order valence-electron chi connectivity index (χ3n) is 3.40.